The van der Waals surface area contributed by atoms with Crippen LogP contribution >= 0.6 is 0 Å². The lowest BCUT2D eigenvalue weighted by Gasteiger charge is -2.13. The van der Waals surface area contributed by atoms with E-state index in [0.717, 1.165) is 11.1 Å². The number of carbonyl (C=O) groups excluding carboxylic acids is 3. The predicted molar refractivity (Wildman–Crippen MR) is 98.2 cm³/mol. The maximum Gasteiger partial charge on any atom is 0.333 e. The number of hydrogen-bond donors (Lipinski definition) is 0. The van der Waals surface area contributed by atoms with Crippen LogP contribution in [0.2, 0.25) is 0 Å². The second-order valence-corrected chi connectivity index (χ2v) is 7.65. The maximum atomic E-state index is 12.7. The Kier molecular flexibility index (Phi) is 5.89. The Morgan fingerprint density at radius 3 is 2.54 bits per heavy atom. The normalized spacial score (nSPS) is 27.8. The lowest BCUT2D eigenvalue weighted by Crippen LogP contribution is -2.20. The minimum absolute atomic E-state index is 0.0476. The van der Waals surface area contributed by atoms with Crippen molar-refractivity contribution in [1.29, 1.82) is 0 Å². The number of carbonyl (C=O) groups is 3. The molecule has 1 saturated carbocycles. The molecule has 0 spiro atoms. The highest BCUT2D eigenvalue weighted by atomic mass is 16.5. The van der Waals surface area contributed by atoms with Crippen LogP contribution in [0.4, 0.5) is 0 Å². The standard InChI is InChI=1S/C21H28O5/c1-7-8-9-14-13(3)17(11-16(14)22)26-20(24)18-15(21(18,4)5)10-12(2)19(23)25-6/h7-8,10,15,17-18H,9,11H2,1-6H3/b8-7+,12-10-. The molecular weight excluding hydrogens is 332 g/mol. The molecule has 5 heteroatoms. The number of rotatable bonds is 6. The van der Waals surface area contributed by atoms with Gasteiger partial charge in [-0.2, -0.15) is 0 Å². The molecule has 0 aromatic carbocycles. The quantitative estimate of drug-likeness (QED) is 0.412. The summed E-state index contributed by atoms with van der Waals surface area (Å²) in [7, 11) is 1.33. The van der Waals surface area contributed by atoms with Crippen LogP contribution in [0.5, 0.6) is 0 Å². The Bertz CT molecular complexity index is 708. The van der Waals surface area contributed by atoms with E-state index in [1.165, 1.54) is 7.11 Å². The lowest BCUT2D eigenvalue weighted by molar-refractivity contribution is -0.150. The van der Waals surface area contributed by atoms with Gasteiger partial charge in [-0.1, -0.05) is 32.1 Å². The molecule has 2 aliphatic rings. The van der Waals surface area contributed by atoms with E-state index in [2.05, 4.69) is 0 Å². The minimum Gasteiger partial charge on any atom is -0.466 e. The minimum atomic E-state index is -0.474. The molecule has 0 saturated heterocycles. The van der Waals surface area contributed by atoms with Gasteiger partial charge in [-0.05, 0) is 44.1 Å². The molecule has 0 aliphatic heterocycles. The van der Waals surface area contributed by atoms with Crippen LogP contribution in [-0.4, -0.2) is 30.9 Å². The summed E-state index contributed by atoms with van der Waals surface area (Å²) in [6.07, 6.45) is 5.95. The summed E-state index contributed by atoms with van der Waals surface area (Å²) < 4.78 is 10.4. The molecule has 3 unspecified atom stereocenters. The molecule has 0 radical (unpaired) electrons. The number of esters is 2. The number of ketones is 1. The third-order valence-electron chi connectivity index (χ3n) is 5.58. The van der Waals surface area contributed by atoms with E-state index in [9.17, 15) is 14.4 Å². The summed E-state index contributed by atoms with van der Waals surface area (Å²) in [6.45, 7) is 9.40. The van der Waals surface area contributed by atoms with Crippen LogP contribution in [0.15, 0.2) is 34.9 Å². The fraction of sp³-hybridized carbons (Fsp3) is 0.571. The fourth-order valence-corrected chi connectivity index (χ4v) is 3.65. The molecule has 0 amide bonds. The largest absolute Gasteiger partial charge is 0.466 e. The number of ether oxygens (including phenoxy) is 2. The molecule has 3 atom stereocenters. The molecule has 0 bridgehead atoms. The van der Waals surface area contributed by atoms with Gasteiger partial charge in [-0.25, -0.2) is 4.79 Å². The van der Waals surface area contributed by atoms with E-state index < -0.39 is 12.1 Å². The number of Topliss-reactive ketones (excluding diaryl/α,β-unsaturated/α-hetero) is 1. The first-order valence-electron chi connectivity index (χ1n) is 8.96. The zero-order valence-corrected chi connectivity index (χ0v) is 16.4. The van der Waals surface area contributed by atoms with Gasteiger partial charge in [0.05, 0.1) is 19.4 Å². The molecule has 2 rings (SSSR count). The van der Waals surface area contributed by atoms with E-state index in [4.69, 9.17) is 9.47 Å². The summed E-state index contributed by atoms with van der Waals surface area (Å²) in [5, 5.41) is 0. The van der Waals surface area contributed by atoms with Crippen molar-refractivity contribution in [1.82, 2.24) is 0 Å². The van der Waals surface area contributed by atoms with Crippen LogP contribution in [-0.2, 0) is 23.9 Å². The van der Waals surface area contributed by atoms with Gasteiger partial charge < -0.3 is 9.47 Å². The first kappa shape index (κ1) is 20.1. The van der Waals surface area contributed by atoms with Crippen molar-refractivity contribution < 1.29 is 23.9 Å². The van der Waals surface area contributed by atoms with E-state index in [0.29, 0.717) is 12.0 Å². The first-order valence-corrected chi connectivity index (χ1v) is 8.96. The monoisotopic (exact) mass is 360 g/mol. The van der Waals surface area contributed by atoms with Crippen molar-refractivity contribution in [2.45, 2.75) is 53.6 Å². The van der Waals surface area contributed by atoms with Gasteiger partial charge in [0, 0.05) is 11.1 Å². The van der Waals surface area contributed by atoms with E-state index in [1.54, 1.807) is 13.0 Å². The Morgan fingerprint density at radius 2 is 1.96 bits per heavy atom. The van der Waals surface area contributed by atoms with Gasteiger partial charge in [0.25, 0.3) is 0 Å². The van der Waals surface area contributed by atoms with Crippen molar-refractivity contribution in [3.8, 4) is 0 Å². The van der Waals surface area contributed by atoms with Crippen molar-refractivity contribution in [2.75, 3.05) is 7.11 Å². The summed E-state index contributed by atoms with van der Waals surface area (Å²) in [5.74, 6) is -1.04. The first-order chi connectivity index (χ1) is 12.1. The molecular formula is C21H28O5. The highest BCUT2D eigenvalue weighted by molar-refractivity contribution is 6.00. The highest BCUT2D eigenvalue weighted by Crippen LogP contribution is 2.60. The van der Waals surface area contributed by atoms with Crippen LogP contribution < -0.4 is 0 Å². The Balaban J connectivity index is 2.08. The van der Waals surface area contributed by atoms with Crippen molar-refractivity contribution >= 4 is 17.7 Å². The van der Waals surface area contributed by atoms with E-state index in [1.807, 2.05) is 39.8 Å². The summed E-state index contributed by atoms with van der Waals surface area (Å²) in [5.41, 5.74) is 1.80. The molecule has 142 valence electrons. The topological polar surface area (TPSA) is 69.7 Å². The second kappa shape index (κ2) is 7.60. The lowest BCUT2D eigenvalue weighted by atomic mass is 10.1. The van der Waals surface area contributed by atoms with Gasteiger partial charge in [-0.15, -0.1) is 0 Å². The Hall–Kier alpha value is -2.17. The zero-order chi connectivity index (χ0) is 19.6. The second-order valence-electron chi connectivity index (χ2n) is 7.65. The molecule has 26 heavy (non-hydrogen) atoms. The van der Waals surface area contributed by atoms with Crippen molar-refractivity contribution in [3.05, 3.63) is 34.9 Å². The number of allylic oxidation sites excluding steroid dienone is 4. The fourth-order valence-electron chi connectivity index (χ4n) is 3.65. The van der Waals surface area contributed by atoms with Crippen LogP contribution in [0.3, 0.4) is 0 Å². The third kappa shape index (κ3) is 3.81. The number of methoxy groups -OCH3 is 1. The number of hydrogen-bond acceptors (Lipinski definition) is 5. The zero-order valence-electron chi connectivity index (χ0n) is 16.4. The van der Waals surface area contributed by atoms with Crippen molar-refractivity contribution in [2.24, 2.45) is 17.3 Å². The summed E-state index contributed by atoms with van der Waals surface area (Å²) in [4.78, 5) is 36.4. The maximum absolute atomic E-state index is 12.7. The Morgan fingerprint density at radius 1 is 1.31 bits per heavy atom. The van der Waals surface area contributed by atoms with Gasteiger partial charge >= 0.3 is 11.9 Å². The van der Waals surface area contributed by atoms with E-state index in [-0.39, 0.29) is 35.4 Å². The van der Waals surface area contributed by atoms with Gasteiger partial charge in [0.15, 0.2) is 5.78 Å². The molecule has 5 nitrogen and oxygen atoms in total. The average molecular weight is 360 g/mol. The summed E-state index contributed by atoms with van der Waals surface area (Å²) >= 11 is 0. The highest BCUT2D eigenvalue weighted by Gasteiger charge is 2.62. The Labute approximate surface area is 155 Å². The van der Waals surface area contributed by atoms with Crippen LogP contribution in [0.25, 0.3) is 0 Å². The van der Waals surface area contributed by atoms with Crippen LogP contribution in [0.1, 0.15) is 47.5 Å². The van der Waals surface area contributed by atoms with Crippen molar-refractivity contribution in [3.63, 3.8) is 0 Å². The predicted octanol–water partition coefficient (Wildman–Crippen LogP) is 3.55. The molecule has 0 N–H and O–H groups in total. The summed E-state index contributed by atoms with van der Waals surface area (Å²) in [6, 6.07) is 0. The van der Waals surface area contributed by atoms with Gasteiger partial charge in [0.2, 0.25) is 0 Å². The average Bonchev–Trinajstić information content (AvgIpc) is 3.01. The molecule has 2 aliphatic carbocycles. The molecule has 0 heterocycles. The van der Waals surface area contributed by atoms with Gasteiger partial charge in [-0.3, -0.25) is 9.59 Å². The SMILES string of the molecule is C/C=C/CC1=C(C)C(OC(=O)C2C(/C=C(/C)C(=O)OC)C2(C)C)CC1=O. The smallest absolute Gasteiger partial charge is 0.333 e. The molecule has 1 fully saturated rings. The molecule has 0 aromatic heterocycles. The van der Waals surface area contributed by atoms with Gasteiger partial charge in [0.1, 0.15) is 6.10 Å². The van der Waals surface area contributed by atoms with Crippen LogP contribution in [0, 0.1) is 17.3 Å². The van der Waals surface area contributed by atoms with E-state index >= 15 is 0 Å². The molecule has 0 aromatic rings. The third-order valence-corrected chi connectivity index (χ3v) is 5.58.